The van der Waals surface area contributed by atoms with Gasteiger partial charge in [0.15, 0.2) is 0 Å². The Bertz CT molecular complexity index is 1460. The van der Waals surface area contributed by atoms with E-state index in [0.717, 1.165) is 9.87 Å². The molecule has 7 nitrogen and oxygen atoms in total. The highest BCUT2D eigenvalue weighted by molar-refractivity contribution is 7.92. The molecule has 0 saturated heterocycles. The summed E-state index contributed by atoms with van der Waals surface area (Å²) in [6, 6.07) is 17.4. The molecule has 0 saturated carbocycles. The number of amides is 2. The first-order valence-electron chi connectivity index (χ1n) is 13.0. The average molecular weight is 605 g/mol. The molecule has 0 unspecified atom stereocenters. The van der Waals surface area contributed by atoms with Gasteiger partial charge in [-0.15, -0.1) is 0 Å². The third-order valence-electron chi connectivity index (χ3n) is 6.55. The van der Waals surface area contributed by atoms with Crippen LogP contribution in [0.15, 0.2) is 71.6 Å². The number of nitrogens with one attached hydrogen (secondary N) is 1. The standard InChI is InChI=1S/C30H35Cl2N3O4S/c1-20(2)17-33-30(37)23(5)34(18-24-9-6-7-10-27(24)32)29(36)19-35(28-12-8-11-26(31)22(28)4)40(38,39)25-15-13-21(3)14-16-25/h6-16,20,23H,17-19H2,1-5H3,(H,33,37)/t23-/m1/s1. The predicted octanol–water partition coefficient (Wildman–Crippen LogP) is 6.00. The van der Waals surface area contributed by atoms with Crippen LogP contribution in [0, 0.1) is 19.8 Å². The Kier molecular flexibility index (Phi) is 10.6. The Balaban J connectivity index is 2.07. The van der Waals surface area contributed by atoms with Crippen molar-refractivity contribution in [3.63, 3.8) is 0 Å². The zero-order chi connectivity index (χ0) is 29.6. The van der Waals surface area contributed by atoms with Crippen molar-refractivity contribution in [1.29, 1.82) is 0 Å². The predicted molar refractivity (Wildman–Crippen MR) is 161 cm³/mol. The van der Waals surface area contributed by atoms with Crippen LogP contribution in [0.3, 0.4) is 0 Å². The topological polar surface area (TPSA) is 86.8 Å². The van der Waals surface area contributed by atoms with Gasteiger partial charge in [-0.05, 0) is 68.1 Å². The van der Waals surface area contributed by atoms with Gasteiger partial charge in [-0.25, -0.2) is 8.42 Å². The van der Waals surface area contributed by atoms with E-state index in [4.69, 9.17) is 23.2 Å². The number of benzene rings is 3. The lowest BCUT2D eigenvalue weighted by atomic mass is 10.1. The van der Waals surface area contributed by atoms with Gasteiger partial charge in [-0.3, -0.25) is 13.9 Å². The number of halogens is 2. The number of sulfonamides is 1. The second-order valence-electron chi connectivity index (χ2n) is 10.1. The fraction of sp³-hybridized carbons (Fsp3) is 0.333. The molecule has 3 aromatic rings. The van der Waals surface area contributed by atoms with Crippen molar-refractivity contribution in [2.75, 3.05) is 17.4 Å². The maximum Gasteiger partial charge on any atom is 0.264 e. The van der Waals surface area contributed by atoms with Gasteiger partial charge in [-0.1, -0.05) is 79.0 Å². The fourth-order valence-electron chi connectivity index (χ4n) is 4.06. The van der Waals surface area contributed by atoms with Gasteiger partial charge in [0.25, 0.3) is 10.0 Å². The van der Waals surface area contributed by atoms with E-state index in [9.17, 15) is 18.0 Å². The van der Waals surface area contributed by atoms with E-state index in [0.29, 0.717) is 27.7 Å². The molecular formula is C30H35Cl2N3O4S. The van der Waals surface area contributed by atoms with Crippen LogP contribution in [-0.4, -0.2) is 44.3 Å². The molecule has 0 radical (unpaired) electrons. The summed E-state index contributed by atoms with van der Waals surface area (Å²) in [5.41, 5.74) is 2.31. The van der Waals surface area contributed by atoms with Gasteiger partial charge < -0.3 is 10.2 Å². The normalized spacial score (nSPS) is 12.2. The minimum atomic E-state index is -4.19. The van der Waals surface area contributed by atoms with Crippen molar-refractivity contribution in [2.24, 2.45) is 5.92 Å². The first kappa shape index (κ1) is 31.5. The first-order chi connectivity index (χ1) is 18.8. The molecule has 0 fully saturated rings. The van der Waals surface area contributed by atoms with E-state index in [1.54, 1.807) is 68.4 Å². The van der Waals surface area contributed by atoms with Gasteiger partial charge >= 0.3 is 0 Å². The molecule has 3 rings (SSSR count). The van der Waals surface area contributed by atoms with Gasteiger partial charge in [-0.2, -0.15) is 0 Å². The van der Waals surface area contributed by atoms with Crippen LogP contribution < -0.4 is 9.62 Å². The summed E-state index contributed by atoms with van der Waals surface area (Å²) in [4.78, 5) is 28.5. The summed E-state index contributed by atoms with van der Waals surface area (Å²) in [6.07, 6.45) is 0. The van der Waals surface area contributed by atoms with E-state index in [1.165, 1.54) is 17.0 Å². The first-order valence-corrected chi connectivity index (χ1v) is 15.2. The average Bonchev–Trinajstić information content (AvgIpc) is 2.91. The second kappa shape index (κ2) is 13.5. The Hall–Kier alpha value is -3.07. The second-order valence-corrected chi connectivity index (χ2v) is 12.8. The number of carbonyl (C=O) groups excluding carboxylic acids is 2. The van der Waals surface area contributed by atoms with Crippen LogP contribution in [0.1, 0.15) is 37.5 Å². The third-order valence-corrected chi connectivity index (χ3v) is 9.10. The van der Waals surface area contributed by atoms with Gasteiger partial charge in [0.05, 0.1) is 10.6 Å². The van der Waals surface area contributed by atoms with Crippen LogP contribution in [0.4, 0.5) is 5.69 Å². The molecule has 1 N–H and O–H groups in total. The quantitative estimate of drug-likeness (QED) is 0.291. The van der Waals surface area contributed by atoms with Gasteiger partial charge in [0, 0.05) is 23.1 Å². The number of hydrogen-bond donors (Lipinski definition) is 1. The van der Waals surface area contributed by atoms with Crippen molar-refractivity contribution in [1.82, 2.24) is 10.2 Å². The summed E-state index contributed by atoms with van der Waals surface area (Å²) in [5, 5.41) is 3.66. The Labute approximate surface area is 247 Å². The number of anilines is 1. The zero-order valence-corrected chi connectivity index (χ0v) is 25.6. The molecular weight excluding hydrogens is 569 g/mol. The molecule has 10 heteroatoms. The fourth-order valence-corrected chi connectivity index (χ4v) is 5.90. The minimum absolute atomic E-state index is 0.0156. The zero-order valence-electron chi connectivity index (χ0n) is 23.3. The van der Waals surface area contributed by atoms with Crippen molar-refractivity contribution < 1.29 is 18.0 Å². The van der Waals surface area contributed by atoms with E-state index in [1.807, 2.05) is 20.8 Å². The lowest BCUT2D eigenvalue weighted by Gasteiger charge is -2.32. The lowest BCUT2D eigenvalue weighted by molar-refractivity contribution is -0.139. The highest BCUT2D eigenvalue weighted by Crippen LogP contribution is 2.31. The van der Waals surface area contributed by atoms with Gasteiger partial charge in [0.2, 0.25) is 11.8 Å². The molecule has 0 aliphatic rings. The molecule has 2 amide bonds. The molecule has 1 atom stereocenters. The summed E-state index contributed by atoms with van der Waals surface area (Å²) in [5.74, 6) is -0.701. The Morgan fingerprint density at radius 2 is 1.50 bits per heavy atom. The largest absolute Gasteiger partial charge is 0.354 e. The highest BCUT2D eigenvalue weighted by Gasteiger charge is 2.33. The number of aryl methyl sites for hydroxylation is 1. The van der Waals surface area contributed by atoms with Crippen LogP contribution in [0.2, 0.25) is 10.0 Å². The molecule has 0 bridgehead atoms. The molecule has 40 heavy (non-hydrogen) atoms. The smallest absolute Gasteiger partial charge is 0.264 e. The van der Waals surface area contributed by atoms with Crippen molar-refractivity contribution in [2.45, 2.75) is 52.1 Å². The summed E-state index contributed by atoms with van der Waals surface area (Å²) >= 11 is 12.8. The van der Waals surface area contributed by atoms with Crippen molar-refractivity contribution >= 4 is 50.7 Å². The molecule has 0 aromatic heterocycles. The summed E-state index contributed by atoms with van der Waals surface area (Å²) in [6.45, 7) is 9.02. The Morgan fingerprint density at radius 1 is 0.875 bits per heavy atom. The van der Waals surface area contributed by atoms with Crippen molar-refractivity contribution in [3.05, 3.63) is 93.5 Å². The molecule has 0 aliphatic carbocycles. The maximum absolute atomic E-state index is 14.0. The Morgan fingerprint density at radius 3 is 2.12 bits per heavy atom. The maximum atomic E-state index is 14.0. The molecule has 0 heterocycles. The van der Waals surface area contributed by atoms with Crippen LogP contribution in [0.5, 0.6) is 0 Å². The SMILES string of the molecule is Cc1ccc(S(=O)(=O)N(CC(=O)N(Cc2ccccc2Cl)[C@H](C)C(=O)NCC(C)C)c2cccc(Cl)c2C)cc1. The minimum Gasteiger partial charge on any atom is -0.354 e. The molecule has 0 aliphatic heterocycles. The molecule has 0 spiro atoms. The van der Waals surface area contributed by atoms with E-state index >= 15 is 0 Å². The molecule has 3 aromatic carbocycles. The van der Waals surface area contributed by atoms with E-state index in [-0.39, 0.29) is 29.0 Å². The number of carbonyl (C=O) groups is 2. The number of rotatable bonds is 11. The van der Waals surface area contributed by atoms with Crippen LogP contribution in [0.25, 0.3) is 0 Å². The lowest BCUT2D eigenvalue weighted by Crippen LogP contribution is -2.51. The molecule has 214 valence electrons. The number of nitrogens with zero attached hydrogens (tertiary/aromatic N) is 2. The monoisotopic (exact) mass is 603 g/mol. The third kappa shape index (κ3) is 7.56. The summed E-state index contributed by atoms with van der Waals surface area (Å²) in [7, 11) is -4.19. The highest BCUT2D eigenvalue weighted by atomic mass is 35.5. The number of hydrogen-bond acceptors (Lipinski definition) is 4. The van der Waals surface area contributed by atoms with Gasteiger partial charge in [0.1, 0.15) is 12.6 Å². The summed E-state index contributed by atoms with van der Waals surface area (Å²) < 4.78 is 29.0. The van der Waals surface area contributed by atoms with Crippen LogP contribution >= 0.6 is 23.2 Å². The van der Waals surface area contributed by atoms with E-state index < -0.39 is 28.5 Å². The van der Waals surface area contributed by atoms with Crippen LogP contribution in [-0.2, 0) is 26.2 Å². The van der Waals surface area contributed by atoms with Crippen molar-refractivity contribution in [3.8, 4) is 0 Å². The van der Waals surface area contributed by atoms with E-state index in [2.05, 4.69) is 5.32 Å².